The Bertz CT molecular complexity index is 487. The normalized spacial score (nSPS) is 22.8. The van der Waals surface area contributed by atoms with E-state index in [0.717, 1.165) is 18.4 Å². The molecule has 0 aliphatic heterocycles. The van der Waals surface area contributed by atoms with Crippen LogP contribution in [0.15, 0.2) is 18.3 Å². The molecule has 0 saturated heterocycles. The molecule has 1 aromatic heterocycles. The second kappa shape index (κ2) is 5.82. The standard InChI is InChI=1S/C14H18N2O3/c1-9-5-4-8-15-12(9)16-13(17)10-6-2-3-7-11(10)14(18)19/h4-5,8,10-11H,2-3,6-7H2,1H3,(H,18,19)(H,15,16,17)/t10-,11+/m1/s1. The van der Waals surface area contributed by atoms with Crippen molar-refractivity contribution in [3.63, 3.8) is 0 Å². The van der Waals surface area contributed by atoms with Gasteiger partial charge in [0, 0.05) is 6.20 Å². The number of amides is 1. The highest BCUT2D eigenvalue weighted by Gasteiger charge is 2.35. The summed E-state index contributed by atoms with van der Waals surface area (Å²) in [5.74, 6) is -1.61. The monoisotopic (exact) mass is 262 g/mol. The Morgan fingerprint density at radius 3 is 2.63 bits per heavy atom. The van der Waals surface area contributed by atoms with Crippen molar-refractivity contribution in [1.82, 2.24) is 4.98 Å². The molecule has 102 valence electrons. The summed E-state index contributed by atoms with van der Waals surface area (Å²) in [6, 6.07) is 3.66. The quantitative estimate of drug-likeness (QED) is 0.875. The van der Waals surface area contributed by atoms with Crippen molar-refractivity contribution in [2.75, 3.05) is 5.32 Å². The second-order valence-electron chi connectivity index (χ2n) is 4.99. The SMILES string of the molecule is Cc1cccnc1NC(=O)[C@@H]1CCCC[C@@H]1C(=O)O. The number of pyridine rings is 1. The Hall–Kier alpha value is -1.91. The molecule has 0 radical (unpaired) electrons. The zero-order chi connectivity index (χ0) is 13.8. The molecule has 0 spiro atoms. The van der Waals surface area contributed by atoms with Crippen molar-refractivity contribution in [3.8, 4) is 0 Å². The Balaban J connectivity index is 2.10. The number of hydrogen-bond donors (Lipinski definition) is 2. The molecule has 0 aromatic carbocycles. The first-order valence-corrected chi connectivity index (χ1v) is 6.55. The number of nitrogens with one attached hydrogen (secondary N) is 1. The lowest BCUT2D eigenvalue weighted by molar-refractivity contribution is -0.147. The molecule has 0 bridgehead atoms. The van der Waals surface area contributed by atoms with E-state index < -0.39 is 17.8 Å². The molecule has 2 atom stereocenters. The lowest BCUT2D eigenvalue weighted by Crippen LogP contribution is -2.36. The lowest BCUT2D eigenvalue weighted by Gasteiger charge is -2.27. The predicted molar refractivity (Wildman–Crippen MR) is 70.7 cm³/mol. The fourth-order valence-electron chi connectivity index (χ4n) is 2.57. The van der Waals surface area contributed by atoms with Crippen molar-refractivity contribution in [3.05, 3.63) is 23.9 Å². The Labute approximate surface area is 112 Å². The van der Waals surface area contributed by atoms with Gasteiger partial charge in [0.25, 0.3) is 0 Å². The molecule has 1 fully saturated rings. The van der Waals surface area contributed by atoms with Crippen molar-refractivity contribution in [2.45, 2.75) is 32.6 Å². The van der Waals surface area contributed by atoms with Gasteiger partial charge in [0.15, 0.2) is 0 Å². The van der Waals surface area contributed by atoms with E-state index in [4.69, 9.17) is 0 Å². The smallest absolute Gasteiger partial charge is 0.307 e. The Morgan fingerprint density at radius 1 is 1.32 bits per heavy atom. The lowest BCUT2D eigenvalue weighted by atomic mass is 9.78. The highest BCUT2D eigenvalue weighted by Crippen LogP contribution is 2.31. The number of carbonyl (C=O) groups is 2. The first-order valence-electron chi connectivity index (χ1n) is 6.55. The number of aromatic nitrogens is 1. The third-order valence-corrected chi connectivity index (χ3v) is 3.67. The number of aliphatic carboxylic acids is 1. The first-order chi connectivity index (χ1) is 9.09. The van der Waals surface area contributed by atoms with Gasteiger partial charge in [-0.2, -0.15) is 0 Å². The first kappa shape index (κ1) is 13.5. The Morgan fingerprint density at radius 2 is 2.00 bits per heavy atom. The van der Waals surface area contributed by atoms with Crippen LogP contribution in [-0.2, 0) is 9.59 Å². The summed E-state index contributed by atoms with van der Waals surface area (Å²) in [5, 5.41) is 11.9. The number of carbonyl (C=O) groups excluding carboxylic acids is 1. The van der Waals surface area contributed by atoms with E-state index in [-0.39, 0.29) is 5.91 Å². The predicted octanol–water partition coefficient (Wildman–Crippen LogP) is 2.22. The topological polar surface area (TPSA) is 79.3 Å². The maximum Gasteiger partial charge on any atom is 0.307 e. The third kappa shape index (κ3) is 3.10. The molecule has 1 aromatic rings. The molecule has 1 aliphatic carbocycles. The van der Waals surface area contributed by atoms with Crippen molar-refractivity contribution in [1.29, 1.82) is 0 Å². The number of carboxylic acids is 1. The number of carboxylic acid groups (broad SMARTS) is 1. The van der Waals surface area contributed by atoms with E-state index >= 15 is 0 Å². The maximum absolute atomic E-state index is 12.2. The molecule has 1 aliphatic rings. The highest BCUT2D eigenvalue weighted by atomic mass is 16.4. The average molecular weight is 262 g/mol. The van der Waals surface area contributed by atoms with Crippen LogP contribution < -0.4 is 5.32 Å². The molecular weight excluding hydrogens is 244 g/mol. The van der Waals surface area contributed by atoms with E-state index in [2.05, 4.69) is 10.3 Å². The summed E-state index contributed by atoms with van der Waals surface area (Å²) >= 11 is 0. The van der Waals surface area contributed by atoms with Gasteiger partial charge < -0.3 is 10.4 Å². The molecule has 1 heterocycles. The van der Waals surface area contributed by atoms with Gasteiger partial charge in [-0.05, 0) is 31.4 Å². The van der Waals surface area contributed by atoms with Crippen molar-refractivity contribution < 1.29 is 14.7 Å². The Kier molecular flexibility index (Phi) is 4.14. The van der Waals surface area contributed by atoms with Crippen LogP contribution in [0.4, 0.5) is 5.82 Å². The molecule has 5 heteroatoms. The summed E-state index contributed by atoms with van der Waals surface area (Å²) in [6.45, 7) is 1.86. The van der Waals surface area contributed by atoms with E-state index in [1.807, 2.05) is 13.0 Å². The number of anilines is 1. The number of aryl methyl sites for hydroxylation is 1. The summed E-state index contributed by atoms with van der Waals surface area (Å²) in [4.78, 5) is 27.5. The van der Waals surface area contributed by atoms with Crippen LogP contribution in [0.25, 0.3) is 0 Å². The van der Waals surface area contributed by atoms with Crippen molar-refractivity contribution in [2.24, 2.45) is 11.8 Å². The molecule has 2 N–H and O–H groups in total. The molecule has 5 nitrogen and oxygen atoms in total. The second-order valence-corrected chi connectivity index (χ2v) is 4.99. The van der Waals surface area contributed by atoms with Crippen LogP contribution in [0.5, 0.6) is 0 Å². The summed E-state index contributed by atoms with van der Waals surface area (Å²) in [6.07, 6.45) is 4.61. The molecular formula is C14H18N2O3. The molecule has 1 amide bonds. The highest BCUT2D eigenvalue weighted by molar-refractivity contribution is 5.94. The van der Waals surface area contributed by atoms with Gasteiger partial charge in [-0.15, -0.1) is 0 Å². The van der Waals surface area contributed by atoms with Gasteiger partial charge in [-0.3, -0.25) is 9.59 Å². The third-order valence-electron chi connectivity index (χ3n) is 3.67. The van der Waals surface area contributed by atoms with E-state index in [1.54, 1.807) is 12.3 Å². The minimum atomic E-state index is -0.877. The zero-order valence-corrected chi connectivity index (χ0v) is 10.9. The zero-order valence-electron chi connectivity index (χ0n) is 10.9. The summed E-state index contributed by atoms with van der Waals surface area (Å²) in [7, 11) is 0. The minimum absolute atomic E-state index is 0.228. The molecule has 0 unspecified atom stereocenters. The number of hydrogen-bond acceptors (Lipinski definition) is 3. The van der Waals surface area contributed by atoms with Gasteiger partial charge >= 0.3 is 5.97 Å². The number of rotatable bonds is 3. The van der Waals surface area contributed by atoms with Gasteiger partial charge in [-0.25, -0.2) is 4.98 Å². The average Bonchev–Trinajstić information content (AvgIpc) is 2.41. The largest absolute Gasteiger partial charge is 0.481 e. The summed E-state index contributed by atoms with van der Waals surface area (Å²) in [5.41, 5.74) is 0.874. The van der Waals surface area contributed by atoms with Crippen LogP contribution in [-0.4, -0.2) is 22.0 Å². The van der Waals surface area contributed by atoms with Crippen LogP contribution in [0.3, 0.4) is 0 Å². The molecule has 2 rings (SSSR count). The molecule has 1 saturated carbocycles. The van der Waals surface area contributed by atoms with Crippen LogP contribution in [0.2, 0.25) is 0 Å². The van der Waals surface area contributed by atoms with Crippen LogP contribution in [0.1, 0.15) is 31.2 Å². The van der Waals surface area contributed by atoms with Gasteiger partial charge in [-0.1, -0.05) is 18.9 Å². The van der Waals surface area contributed by atoms with Gasteiger partial charge in [0.1, 0.15) is 5.82 Å². The van der Waals surface area contributed by atoms with Crippen molar-refractivity contribution >= 4 is 17.7 Å². The van der Waals surface area contributed by atoms with E-state index in [0.29, 0.717) is 18.7 Å². The minimum Gasteiger partial charge on any atom is -0.481 e. The molecule has 19 heavy (non-hydrogen) atoms. The fraction of sp³-hybridized carbons (Fsp3) is 0.500. The summed E-state index contributed by atoms with van der Waals surface area (Å²) < 4.78 is 0. The van der Waals surface area contributed by atoms with Gasteiger partial charge in [0.05, 0.1) is 11.8 Å². The van der Waals surface area contributed by atoms with E-state index in [9.17, 15) is 14.7 Å². The maximum atomic E-state index is 12.2. The van der Waals surface area contributed by atoms with Gasteiger partial charge in [0.2, 0.25) is 5.91 Å². The fourth-order valence-corrected chi connectivity index (χ4v) is 2.57. The van der Waals surface area contributed by atoms with Crippen LogP contribution >= 0.6 is 0 Å². The van der Waals surface area contributed by atoms with E-state index in [1.165, 1.54) is 0 Å². The van der Waals surface area contributed by atoms with Crippen LogP contribution in [0, 0.1) is 18.8 Å². The number of nitrogens with zero attached hydrogens (tertiary/aromatic N) is 1.